The third-order valence-corrected chi connectivity index (χ3v) is 3.28. The van der Waals surface area contributed by atoms with Crippen LogP contribution in [-0.2, 0) is 0 Å². The normalized spacial score (nSPS) is 26.4. The van der Waals surface area contributed by atoms with Gasteiger partial charge < -0.3 is 5.32 Å². The van der Waals surface area contributed by atoms with Crippen molar-refractivity contribution in [1.82, 2.24) is 5.32 Å². The number of hydrogen-bond donors (Lipinski definition) is 1. The molecule has 0 aliphatic heterocycles. The van der Waals surface area contributed by atoms with E-state index in [0.29, 0.717) is 5.92 Å². The van der Waals surface area contributed by atoms with E-state index >= 15 is 0 Å². The third-order valence-electron chi connectivity index (χ3n) is 3.28. The molecule has 0 heterocycles. The summed E-state index contributed by atoms with van der Waals surface area (Å²) in [4.78, 5) is 0. The molecule has 0 amide bonds. The first-order chi connectivity index (χ1) is 6.76. The highest BCUT2D eigenvalue weighted by atomic mass is 19.4. The van der Waals surface area contributed by atoms with Crippen LogP contribution in [0.4, 0.5) is 13.2 Å². The molecular weight excluding hydrogens is 203 g/mol. The zero-order valence-electron chi connectivity index (χ0n) is 9.62. The van der Waals surface area contributed by atoms with Gasteiger partial charge in [0.2, 0.25) is 0 Å². The lowest BCUT2D eigenvalue weighted by atomic mass is 9.99. The molecule has 0 radical (unpaired) electrons. The van der Waals surface area contributed by atoms with Gasteiger partial charge in [-0.15, -0.1) is 0 Å². The Morgan fingerprint density at radius 3 is 2.27 bits per heavy atom. The van der Waals surface area contributed by atoms with Crippen LogP contribution in [0.1, 0.15) is 40.0 Å². The molecule has 0 aromatic rings. The Labute approximate surface area is 89.4 Å². The Kier molecular flexibility index (Phi) is 3.69. The van der Waals surface area contributed by atoms with Gasteiger partial charge in [-0.3, -0.25) is 0 Å². The molecule has 2 unspecified atom stereocenters. The topological polar surface area (TPSA) is 12.0 Å². The third kappa shape index (κ3) is 4.01. The van der Waals surface area contributed by atoms with Gasteiger partial charge in [0.15, 0.2) is 0 Å². The second kappa shape index (κ2) is 4.32. The van der Waals surface area contributed by atoms with Crippen molar-refractivity contribution in [3.05, 3.63) is 0 Å². The molecule has 1 nitrogen and oxygen atoms in total. The first-order valence-electron chi connectivity index (χ1n) is 5.56. The first-order valence-corrected chi connectivity index (χ1v) is 5.56. The fourth-order valence-electron chi connectivity index (χ4n) is 2.22. The minimum Gasteiger partial charge on any atom is -0.314 e. The SMILES string of the molecule is CCNC(CCC(F)(F)F)C1CC1(C)C. The Bertz CT molecular complexity index is 210. The number of alkyl halides is 3. The van der Waals surface area contributed by atoms with Crippen LogP contribution in [0.2, 0.25) is 0 Å². The van der Waals surface area contributed by atoms with Crippen molar-refractivity contribution < 1.29 is 13.2 Å². The molecule has 1 aliphatic rings. The summed E-state index contributed by atoms with van der Waals surface area (Å²) >= 11 is 0. The van der Waals surface area contributed by atoms with Crippen LogP contribution in [-0.4, -0.2) is 18.8 Å². The predicted molar refractivity (Wildman–Crippen MR) is 54.6 cm³/mol. The number of halogens is 3. The second-order valence-corrected chi connectivity index (χ2v) is 5.12. The highest BCUT2D eigenvalue weighted by molar-refractivity contribution is 5.01. The van der Waals surface area contributed by atoms with E-state index < -0.39 is 12.6 Å². The minimum atomic E-state index is -4.02. The summed E-state index contributed by atoms with van der Waals surface area (Å²) in [6.45, 7) is 6.93. The van der Waals surface area contributed by atoms with E-state index in [1.807, 2.05) is 6.92 Å². The maximum atomic E-state index is 12.1. The highest BCUT2D eigenvalue weighted by Crippen LogP contribution is 2.54. The number of hydrogen-bond acceptors (Lipinski definition) is 1. The lowest BCUT2D eigenvalue weighted by Crippen LogP contribution is -2.33. The predicted octanol–water partition coefficient (Wildman–Crippen LogP) is 3.35. The molecule has 1 fully saturated rings. The number of rotatable bonds is 5. The van der Waals surface area contributed by atoms with Gasteiger partial charge in [0, 0.05) is 12.5 Å². The zero-order valence-corrected chi connectivity index (χ0v) is 9.62. The van der Waals surface area contributed by atoms with E-state index in [2.05, 4.69) is 19.2 Å². The Morgan fingerprint density at radius 2 is 1.93 bits per heavy atom. The average molecular weight is 223 g/mol. The van der Waals surface area contributed by atoms with Gasteiger partial charge in [-0.25, -0.2) is 0 Å². The molecule has 1 N–H and O–H groups in total. The fourth-order valence-corrected chi connectivity index (χ4v) is 2.22. The summed E-state index contributed by atoms with van der Waals surface area (Å²) in [5.41, 5.74) is 0.235. The summed E-state index contributed by atoms with van der Waals surface area (Å²) in [6.07, 6.45) is -3.43. The maximum absolute atomic E-state index is 12.1. The van der Waals surface area contributed by atoms with Crippen molar-refractivity contribution in [3.8, 4) is 0 Å². The van der Waals surface area contributed by atoms with Gasteiger partial charge >= 0.3 is 6.18 Å². The van der Waals surface area contributed by atoms with Crippen LogP contribution >= 0.6 is 0 Å². The van der Waals surface area contributed by atoms with Crippen LogP contribution in [0.15, 0.2) is 0 Å². The van der Waals surface area contributed by atoms with Gasteiger partial charge in [0.25, 0.3) is 0 Å². The molecule has 0 saturated heterocycles. The van der Waals surface area contributed by atoms with Gasteiger partial charge in [0.1, 0.15) is 0 Å². The molecule has 15 heavy (non-hydrogen) atoms. The zero-order chi connectivity index (χ0) is 11.7. The maximum Gasteiger partial charge on any atom is 0.389 e. The summed E-state index contributed by atoms with van der Waals surface area (Å²) in [5, 5.41) is 3.17. The lowest BCUT2D eigenvalue weighted by Gasteiger charge is -2.20. The van der Waals surface area contributed by atoms with Crippen molar-refractivity contribution in [1.29, 1.82) is 0 Å². The first kappa shape index (κ1) is 12.8. The van der Waals surface area contributed by atoms with E-state index in [9.17, 15) is 13.2 Å². The molecule has 4 heteroatoms. The lowest BCUT2D eigenvalue weighted by molar-refractivity contribution is -0.137. The largest absolute Gasteiger partial charge is 0.389 e. The monoisotopic (exact) mass is 223 g/mol. The second-order valence-electron chi connectivity index (χ2n) is 5.12. The van der Waals surface area contributed by atoms with Crippen molar-refractivity contribution in [2.24, 2.45) is 11.3 Å². The van der Waals surface area contributed by atoms with Crippen molar-refractivity contribution in [2.75, 3.05) is 6.54 Å². The van der Waals surface area contributed by atoms with E-state index in [4.69, 9.17) is 0 Å². The molecule has 0 bridgehead atoms. The summed E-state index contributed by atoms with van der Waals surface area (Å²) in [6, 6.07) is 0.0339. The summed E-state index contributed by atoms with van der Waals surface area (Å²) in [7, 11) is 0. The van der Waals surface area contributed by atoms with Gasteiger partial charge in [0.05, 0.1) is 0 Å². The number of nitrogens with one attached hydrogen (secondary N) is 1. The molecule has 0 aromatic carbocycles. The van der Waals surface area contributed by atoms with Crippen LogP contribution in [0.3, 0.4) is 0 Å². The molecule has 0 aromatic heterocycles. The van der Waals surface area contributed by atoms with Crippen molar-refractivity contribution in [3.63, 3.8) is 0 Å². The van der Waals surface area contributed by atoms with Crippen molar-refractivity contribution >= 4 is 0 Å². The summed E-state index contributed by atoms with van der Waals surface area (Å²) < 4.78 is 36.3. The van der Waals surface area contributed by atoms with Crippen LogP contribution in [0.25, 0.3) is 0 Å². The van der Waals surface area contributed by atoms with Gasteiger partial charge in [-0.2, -0.15) is 13.2 Å². The van der Waals surface area contributed by atoms with Crippen LogP contribution in [0.5, 0.6) is 0 Å². The minimum absolute atomic E-state index is 0.0339. The average Bonchev–Trinajstić information content (AvgIpc) is 2.67. The van der Waals surface area contributed by atoms with Crippen molar-refractivity contribution in [2.45, 2.75) is 52.3 Å². The van der Waals surface area contributed by atoms with E-state index in [0.717, 1.165) is 13.0 Å². The quantitative estimate of drug-likeness (QED) is 0.753. The smallest absolute Gasteiger partial charge is 0.314 e. The molecule has 0 spiro atoms. The van der Waals surface area contributed by atoms with Gasteiger partial charge in [-0.05, 0) is 30.7 Å². The van der Waals surface area contributed by atoms with E-state index in [1.54, 1.807) is 0 Å². The molecular formula is C11H20F3N. The van der Waals surface area contributed by atoms with Gasteiger partial charge in [-0.1, -0.05) is 20.8 Å². The molecule has 1 aliphatic carbocycles. The Hall–Kier alpha value is -0.250. The highest BCUT2D eigenvalue weighted by Gasteiger charge is 2.50. The molecule has 90 valence electrons. The van der Waals surface area contributed by atoms with E-state index in [-0.39, 0.29) is 17.9 Å². The molecule has 2 atom stereocenters. The Balaban J connectivity index is 2.39. The van der Waals surface area contributed by atoms with E-state index in [1.165, 1.54) is 0 Å². The Morgan fingerprint density at radius 1 is 1.40 bits per heavy atom. The molecule has 1 rings (SSSR count). The summed E-state index contributed by atoms with van der Waals surface area (Å²) in [5.74, 6) is 0.416. The van der Waals surface area contributed by atoms with Crippen LogP contribution < -0.4 is 5.32 Å². The standard InChI is InChI=1S/C11H20F3N/c1-4-15-9(5-6-11(12,13)14)8-7-10(8,2)3/h8-9,15H,4-7H2,1-3H3. The fraction of sp³-hybridized carbons (Fsp3) is 1.00. The molecule has 1 saturated carbocycles. The van der Waals surface area contributed by atoms with Crippen LogP contribution in [0, 0.1) is 11.3 Å².